The third-order valence-corrected chi connectivity index (χ3v) is 6.67. The Hall–Kier alpha value is -1.18. The Morgan fingerprint density at radius 2 is 2.26 bits per heavy atom. The fourth-order valence-corrected chi connectivity index (χ4v) is 5.02. The van der Waals surface area contributed by atoms with Gasteiger partial charge in [0.1, 0.15) is 0 Å². The van der Waals surface area contributed by atoms with Gasteiger partial charge in [-0.1, -0.05) is 13.0 Å². The van der Waals surface area contributed by atoms with Gasteiger partial charge in [-0.3, -0.25) is 0 Å². The molecule has 1 aromatic heterocycles. The lowest BCUT2D eigenvalue weighted by Gasteiger charge is -2.49. The highest BCUT2D eigenvalue weighted by Crippen LogP contribution is 2.42. The topological polar surface area (TPSA) is 68.7 Å². The lowest BCUT2D eigenvalue weighted by molar-refractivity contribution is -0.104. The van der Waals surface area contributed by atoms with E-state index in [9.17, 15) is 8.42 Å². The van der Waals surface area contributed by atoms with E-state index < -0.39 is 10.0 Å². The Labute approximate surface area is 137 Å². The number of hydrogen-bond donors (Lipinski definition) is 0. The first-order valence-electron chi connectivity index (χ1n) is 8.21. The lowest BCUT2D eigenvalue weighted by atomic mass is 9.80. The van der Waals surface area contributed by atoms with Gasteiger partial charge in [0, 0.05) is 32.0 Å². The summed E-state index contributed by atoms with van der Waals surface area (Å²) in [6.07, 6.45) is 4.18. The molecular formula is C16H24N2O4S. The first kappa shape index (κ1) is 16.7. The quantitative estimate of drug-likeness (QED) is 0.755. The molecule has 2 fully saturated rings. The normalized spacial score (nSPS) is 23.8. The molecule has 23 heavy (non-hydrogen) atoms. The SMILES string of the molecule is CCCS(=O)(=O)N1CC2(C1)OCC[C@@H]2CCOc1ccccn1. The number of pyridine rings is 1. The number of ether oxygens (including phenoxy) is 2. The Morgan fingerprint density at radius 1 is 1.43 bits per heavy atom. The van der Waals surface area contributed by atoms with Crippen LogP contribution < -0.4 is 4.74 Å². The average molecular weight is 340 g/mol. The van der Waals surface area contributed by atoms with Crippen molar-refractivity contribution >= 4 is 10.0 Å². The van der Waals surface area contributed by atoms with Crippen LogP contribution in [0.2, 0.25) is 0 Å². The van der Waals surface area contributed by atoms with Gasteiger partial charge in [0.15, 0.2) is 0 Å². The Kier molecular flexibility index (Phi) is 4.89. The van der Waals surface area contributed by atoms with Crippen molar-refractivity contribution in [2.75, 3.05) is 32.1 Å². The van der Waals surface area contributed by atoms with Crippen molar-refractivity contribution in [2.24, 2.45) is 5.92 Å². The standard InChI is InChI=1S/C16H24N2O4S/c1-2-11-23(19,20)18-12-16(13-18)14(7-10-22-16)6-9-21-15-5-3-4-8-17-15/h3-5,8,14H,2,6-7,9-13H2,1H3/t14-/m0/s1. The highest BCUT2D eigenvalue weighted by atomic mass is 32.2. The molecule has 3 heterocycles. The maximum atomic E-state index is 12.1. The van der Waals surface area contributed by atoms with E-state index in [0.717, 1.165) is 12.8 Å². The summed E-state index contributed by atoms with van der Waals surface area (Å²) < 4.78 is 37.3. The molecule has 0 aliphatic carbocycles. The summed E-state index contributed by atoms with van der Waals surface area (Å²) >= 11 is 0. The van der Waals surface area contributed by atoms with E-state index >= 15 is 0 Å². The average Bonchev–Trinajstić information content (AvgIpc) is 2.91. The van der Waals surface area contributed by atoms with Crippen molar-refractivity contribution in [2.45, 2.75) is 31.8 Å². The number of rotatable bonds is 7. The molecule has 6 nitrogen and oxygen atoms in total. The van der Waals surface area contributed by atoms with E-state index in [0.29, 0.717) is 44.5 Å². The van der Waals surface area contributed by atoms with E-state index in [1.54, 1.807) is 10.5 Å². The van der Waals surface area contributed by atoms with Gasteiger partial charge < -0.3 is 9.47 Å². The summed E-state index contributed by atoms with van der Waals surface area (Å²) in [7, 11) is -3.11. The van der Waals surface area contributed by atoms with Crippen LogP contribution in [-0.2, 0) is 14.8 Å². The molecule has 3 rings (SSSR count). The lowest BCUT2D eigenvalue weighted by Crippen LogP contribution is -2.66. The second-order valence-corrected chi connectivity index (χ2v) is 8.38. The highest BCUT2D eigenvalue weighted by molar-refractivity contribution is 7.89. The van der Waals surface area contributed by atoms with Crippen LogP contribution in [0.5, 0.6) is 5.88 Å². The number of hydrogen-bond acceptors (Lipinski definition) is 5. The van der Waals surface area contributed by atoms with Gasteiger partial charge in [-0.2, -0.15) is 4.31 Å². The molecule has 7 heteroatoms. The van der Waals surface area contributed by atoms with Crippen molar-refractivity contribution < 1.29 is 17.9 Å². The van der Waals surface area contributed by atoms with Crippen molar-refractivity contribution in [3.05, 3.63) is 24.4 Å². The molecule has 2 saturated heterocycles. The molecule has 0 saturated carbocycles. The first-order chi connectivity index (χ1) is 11.1. The summed E-state index contributed by atoms with van der Waals surface area (Å²) in [6.45, 7) is 4.15. The van der Waals surface area contributed by atoms with Crippen molar-refractivity contribution in [3.63, 3.8) is 0 Å². The summed E-state index contributed by atoms with van der Waals surface area (Å²) in [5.41, 5.74) is -0.297. The maximum Gasteiger partial charge on any atom is 0.214 e. The fourth-order valence-electron chi connectivity index (χ4n) is 3.41. The molecule has 128 valence electrons. The van der Waals surface area contributed by atoms with Crippen molar-refractivity contribution in [1.29, 1.82) is 0 Å². The van der Waals surface area contributed by atoms with Gasteiger partial charge in [-0.25, -0.2) is 13.4 Å². The van der Waals surface area contributed by atoms with Gasteiger partial charge in [-0.05, 0) is 31.2 Å². The minimum Gasteiger partial charge on any atom is -0.478 e. The summed E-state index contributed by atoms with van der Waals surface area (Å²) in [4.78, 5) is 4.14. The monoisotopic (exact) mass is 340 g/mol. The summed E-state index contributed by atoms with van der Waals surface area (Å²) in [6, 6.07) is 5.58. The van der Waals surface area contributed by atoms with Crippen LogP contribution in [0, 0.1) is 5.92 Å². The smallest absolute Gasteiger partial charge is 0.214 e. The van der Waals surface area contributed by atoms with Crippen molar-refractivity contribution in [3.8, 4) is 5.88 Å². The zero-order valence-corrected chi connectivity index (χ0v) is 14.3. The largest absolute Gasteiger partial charge is 0.478 e. The molecule has 2 aliphatic heterocycles. The van der Waals surface area contributed by atoms with Gasteiger partial charge in [0.05, 0.1) is 18.0 Å². The second-order valence-electron chi connectivity index (χ2n) is 6.29. The van der Waals surface area contributed by atoms with Gasteiger partial charge >= 0.3 is 0 Å². The predicted octanol–water partition coefficient (Wildman–Crippen LogP) is 1.68. The molecule has 1 spiro atoms. The third-order valence-electron chi connectivity index (χ3n) is 4.70. The molecular weight excluding hydrogens is 316 g/mol. The zero-order valence-electron chi connectivity index (χ0n) is 13.5. The summed E-state index contributed by atoms with van der Waals surface area (Å²) in [5.74, 6) is 1.19. The molecule has 0 bridgehead atoms. The first-order valence-corrected chi connectivity index (χ1v) is 9.82. The molecule has 0 N–H and O–H groups in total. The maximum absolute atomic E-state index is 12.1. The Morgan fingerprint density at radius 3 is 2.96 bits per heavy atom. The predicted molar refractivity (Wildman–Crippen MR) is 86.8 cm³/mol. The molecule has 2 aliphatic rings. The molecule has 0 aromatic carbocycles. The Bertz CT molecular complexity index is 614. The van der Waals surface area contributed by atoms with Gasteiger partial charge in [0.25, 0.3) is 0 Å². The van der Waals surface area contributed by atoms with E-state index in [2.05, 4.69) is 4.98 Å². The van der Waals surface area contributed by atoms with Gasteiger partial charge in [0.2, 0.25) is 15.9 Å². The van der Waals surface area contributed by atoms with E-state index in [-0.39, 0.29) is 11.4 Å². The second kappa shape index (κ2) is 6.75. The molecule has 0 amide bonds. The number of aromatic nitrogens is 1. The zero-order chi connectivity index (χ0) is 16.3. The van der Waals surface area contributed by atoms with Crippen LogP contribution in [0.15, 0.2) is 24.4 Å². The minimum absolute atomic E-state index is 0.219. The van der Waals surface area contributed by atoms with E-state index in [4.69, 9.17) is 9.47 Å². The molecule has 1 aromatic rings. The third kappa shape index (κ3) is 3.51. The number of nitrogens with zero attached hydrogens (tertiary/aromatic N) is 2. The minimum atomic E-state index is -3.11. The fraction of sp³-hybridized carbons (Fsp3) is 0.688. The van der Waals surface area contributed by atoms with Crippen LogP contribution in [0.3, 0.4) is 0 Å². The van der Waals surface area contributed by atoms with E-state index in [1.807, 2.05) is 25.1 Å². The van der Waals surface area contributed by atoms with E-state index in [1.165, 1.54) is 0 Å². The molecule has 1 atom stereocenters. The van der Waals surface area contributed by atoms with Crippen molar-refractivity contribution in [1.82, 2.24) is 9.29 Å². The van der Waals surface area contributed by atoms with Crippen LogP contribution in [0.25, 0.3) is 0 Å². The van der Waals surface area contributed by atoms with Crippen LogP contribution in [0.1, 0.15) is 26.2 Å². The molecule has 0 unspecified atom stereocenters. The van der Waals surface area contributed by atoms with Gasteiger partial charge in [-0.15, -0.1) is 0 Å². The summed E-state index contributed by atoms with van der Waals surface area (Å²) in [5, 5.41) is 0. The van der Waals surface area contributed by atoms with Crippen LogP contribution in [-0.4, -0.2) is 55.4 Å². The van der Waals surface area contributed by atoms with Crippen LogP contribution in [0.4, 0.5) is 0 Å². The highest BCUT2D eigenvalue weighted by Gasteiger charge is 2.55. The Balaban J connectivity index is 1.51. The van der Waals surface area contributed by atoms with Crippen LogP contribution >= 0.6 is 0 Å². The number of sulfonamides is 1. The molecule has 0 radical (unpaired) electrons.